The first-order valence-corrected chi connectivity index (χ1v) is 10.8. The summed E-state index contributed by atoms with van der Waals surface area (Å²) in [7, 11) is 1.55. The Morgan fingerprint density at radius 2 is 1.73 bits per heavy atom. The number of carbonyl (C=O) groups is 3. The van der Waals surface area contributed by atoms with Crippen LogP contribution < -0.4 is 4.74 Å². The number of nitrogens with zero attached hydrogens (tertiary/aromatic N) is 1. The van der Waals surface area contributed by atoms with Crippen LogP contribution in [0.2, 0.25) is 0 Å². The Balaban J connectivity index is 1.86. The fourth-order valence-electron chi connectivity index (χ4n) is 3.83. The van der Waals surface area contributed by atoms with Crippen LogP contribution in [0.4, 0.5) is 0 Å². The predicted octanol–water partition coefficient (Wildman–Crippen LogP) is 4.32. The van der Waals surface area contributed by atoms with Crippen LogP contribution in [0.3, 0.4) is 0 Å². The van der Waals surface area contributed by atoms with Crippen molar-refractivity contribution in [2.24, 2.45) is 0 Å². The lowest BCUT2D eigenvalue weighted by molar-refractivity contribution is -0.137. The Kier molecular flexibility index (Phi) is 8.02. The molecule has 33 heavy (non-hydrogen) atoms. The first kappa shape index (κ1) is 23.8. The zero-order valence-corrected chi connectivity index (χ0v) is 18.4. The number of carbonyl (C=O) groups excluding carboxylic acids is 2. The summed E-state index contributed by atoms with van der Waals surface area (Å²) in [5.41, 5.74) is 1.53. The van der Waals surface area contributed by atoms with Crippen molar-refractivity contribution in [2.75, 3.05) is 13.7 Å². The zero-order chi connectivity index (χ0) is 23.8. The summed E-state index contributed by atoms with van der Waals surface area (Å²) in [5.74, 6) is -1.83. The highest BCUT2D eigenvalue weighted by Gasteiger charge is 2.42. The van der Waals surface area contributed by atoms with Gasteiger partial charge < -0.3 is 19.8 Å². The molecule has 1 amide bonds. The summed E-state index contributed by atoms with van der Waals surface area (Å²) in [4.78, 5) is 38.2. The van der Waals surface area contributed by atoms with E-state index in [1.165, 1.54) is 11.0 Å². The zero-order valence-electron chi connectivity index (χ0n) is 18.4. The van der Waals surface area contributed by atoms with Crippen molar-refractivity contribution in [1.29, 1.82) is 0 Å². The molecule has 2 N–H and O–H groups in total. The molecule has 0 saturated carbocycles. The number of unbranched alkanes of at least 4 members (excludes halogenated alkanes) is 2. The molecule has 2 aromatic rings. The first-order chi connectivity index (χ1) is 15.9. The number of rotatable bonds is 11. The quantitative estimate of drug-likeness (QED) is 0.391. The van der Waals surface area contributed by atoms with Gasteiger partial charge in [0.15, 0.2) is 11.5 Å². The lowest BCUT2D eigenvalue weighted by Gasteiger charge is -2.26. The van der Waals surface area contributed by atoms with Crippen LogP contribution in [0.1, 0.15) is 42.9 Å². The molecule has 0 spiro atoms. The van der Waals surface area contributed by atoms with Crippen molar-refractivity contribution in [3.05, 3.63) is 83.1 Å². The highest BCUT2D eigenvalue weighted by Crippen LogP contribution is 2.38. The molecule has 0 saturated heterocycles. The Hall–Kier alpha value is -3.87. The van der Waals surface area contributed by atoms with Gasteiger partial charge in [-0.1, -0.05) is 55.0 Å². The third-order valence-corrected chi connectivity index (χ3v) is 5.52. The molecule has 3 rings (SSSR count). The summed E-state index contributed by atoms with van der Waals surface area (Å²) < 4.78 is 5.21. The minimum Gasteiger partial charge on any atom is -0.503 e. The number of hydrogen-bond acceptors (Lipinski definition) is 5. The molecule has 0 aromatic heterocycles. The monoisotopic (exact) mass is 449 g/mol. The van der Waals surface area contributed by atoms with Crippen LogP contribution >= 0.6 is 0 Å². The Labute approximate surface area is 192 Å². The van der Waals surface area contributed by atoms with Gasteiger partial charge in [-0.3, -0.25) is 14.4 Å². The first-order valence-electron chi connectivity index (χ1n) is 10.8. The van der Waals surface area contributed by atoms with Crippen molar-refractivity contribution in [3.8, 4) is 5.75 Å². The number of carboxylic acids is 1. The van der Waals surface area contributed by atoms with Crippen LogP contribution in [0.15, 0.2) is 72.0 Å². The van der Waals surface area contributed by atoms with Gasteiger partial charge in [-0.2, -0.15) is 0 Å². The van der Waals surface area contributed by atoms with E-state index in [4.69, 9.17) is 9.84 Å². The van der Waals surface area contributed by atoms with Gasteiger partial charge >= 0.3 is 5.97 Å². The molecular weight excluding hydrogens is 422 g/mol. The third-order valence-electron chi connectivity index (χ3n) is 5.52. The maximum Gasteiger partial charge on any atom is 0.303 e. The van der Waals surface area contributed by atoms with Crippen molar-refractivity contribution < 1.29 is 29.3 Å². The Morgan fingerprint density at radius 1 is 1.03 bits per heavy atom. The fourth-order valence-corrected chi connectivity index (χ4v) is 3.83. The van der Waals surface area contributed by atoms with Gasteiger partial charge in [-0.25, -0.2) is 0 Å². The minimum absolute atomic E-state index is 0.0304. The average Bonchev–Trinajstić information content (AvgIpc) is 3.08. The van der Waals surface area contributed by atoms with Gasteiger partial charge in [0.2, 0.25) is 0 Å². The number of ketones is 1. The van der Waals surface area contributed by atoms with Gasteiger partial charge in [0.05, 0.1) is 18.7 Å². The fraction of sp³-hybridized carbons (Fsp3) is 0.269. The number of allylic oxidation sites excluding steroid dienone is 1. The molecule has 1 heterocycles. The third kappa shape index (κ3) is 5.88. The Bertz CT molecular complexity index is 1060. The number of carboxylic acid groups (broad SMARTS) is 1. The smallest absolute Gasteiger partial charge is 0.303 e. The second-order valence-corrected chi connectivity index (χ2v) is 7.75. The molecule has 1 aliphatic rings. The van der Waals surface area contributed by atoms with Crippen LogP contribution in [0, 0.1) is 0 Å². The molecule has 7 heteroatoms. The molecule has 172 valence electrons. The number of hydrogen-bond donors (Lipinski definition) is 2. The topological polar surface area (TPSA) is 104 Å². The predicted molar refractivity (Wildman–Crippen MR) is 124 cm³/mol. The number of ether oxygens (including phenoxy) is 1. The van der Waals surface area contributed by atoms with Crippen molar-refractivity contribution in [2.45, 2.75) is 31.7 Å². The molecule has 0 radical (unpaired) electrons. The summed E-state index contributed by atoms with van der Waals surface area (Å²) in [6.45, 7) is 0.290. The number of aliphatic hydroxyl groups is 1. The molecular formula is C26H27NO6. The molecule has 0 unspecified atom stereocenters. The molecule has 0 fully saturated rings. The Morgan fingerprint density at radius 3 is 2.36 bits per heavy atom. The van der Waals surface area contributed by atoms with Crippen molar-refractivity contribution in [3.63, 3.8) is 0 Å². The largest absolute Gasteiger partial charge is 0.503 e. The molecule has 7 nitrogen and oxygen atoms in total. The van der Waals surface area contributed by atoms with Crippen molar-refractivity contribution in [1.82, 2.24) is 4.90 Å². The number of methoxy groups -OCH3 is 1. The average molecular weight is 450 g/mol. The van der Waals surface area contributed by atoms with Crippen LogP contribution in [-0.4, -0.2) is 46.4 Å². The van der Waals surface area contributed by atoms with Gasteiger partial charge in [0.1, 0.15) is 5.75 Å². The lowest BCUT2D eigenvalue weighted by atomic mass is 9.95. The van der Waals surface area contributed by atoms with Gasteiger partial charge in [0.25, 0.3) is 5.91 Å². The van der Waals surface area contributed by atoms with Gasteiger partial charge in [-0.15, -0.1) is 0 Å². The second kappa shape index (κ2) is 11.1. The van der Waals surface area contributed by atoms with E-state index in [0.29, 0.717) is 37.1 Å². The van der Waals surface area contributed by atoms with Crippen LogP contribution in [0.25, 0.3) is 6.08 Å². The number of aliphatic hydroxyl groups excluding tert-OH is 1. The molecule has 0 aliphatic carbocycles. The summed E-state index contributed by atoms with van der Waals surface area (Å²) >= 11 is 0. The highest BCUT2D eigenvalue weighted by molar-refractivity contribution is 6.14. The van der Waals surface area contributed by atoms with E-state index in [1.54, 1.807) is 37.5 Å². The van der Waals surface area contributed by atoms with Crippen LogP contribution in [0.5, 0.6) is 5.75 Å². The summed E-state index contributed by atoms with van der Waals surface area (Å²) in [6, 6.07) is 15.5. The van der Waals surface area contributed by atoms with Gasteiger partial charge in [0, 0.05) is 13.0 Å². The highest BCUT2D eigenvalue weighted by atomic mass is 16.5. The normalized spacial score (nSPS) is 16.0. The molecule has 1 atom stereocenters. The van der Waals surface area contributed by atoms with E-state index >= 15 is 0 Å². The van der Waals surface area contributed by atoms with E-state index in [2.05, 4.69) is 0 Å². The number of aliphatic carboxylic acids is 1. The maximum absolute atomic E-state index is 13.1. The number of benzene rings is 2. The van der Waals surface area contributed by atoms with E-state index in [1.807, 2.05) is 30.3 Å². The minimum atomic E-state index is -0.860. The van der Waals surface area contributed by atoms with E-state index in [0.717, 1.165) is 5.56 Å². The molecule has 0 bridgehead atoms. The van der Waals surface area contributed by atoms with Crippen LogP contribution in [-0.2, 0) is 14.4 Å². The lowest BCUT2D eigenvalue weighted by Crippen LogP contribution is -2.32. The summed E-state index contributed by atoms with van der Waals surface area (Å²) in [5, 5.41) is 19.4. The SMILES string of the molecule is COc1ccc([C@@H]2C(C(=O)/C=C/c3ccccc3)=C(O)C(=O)N2CCCCCC(=O)O)cc1. The van der Waals surface area contributed by atoms with Crippen molar-refractivity contribution >= 4 is 23.7 Å². The molecule has 2 aromatic carbocycles. The van der Waals surface area contributed by atoms with E-state index in [9.17, 15) is 19.5 Å². The van der Waals surface area contributed by atoms with E-state index < -0.39 is 29.5 Å². The second-order valence-electron chi connectivity index (χ2n) is 7.75. The molecule has 1 aliphatic heterocycles. The standard InChI is InChI=1S/C26H27NO6/c1-33-20-14-12-19(13-15-20)24-23(21(28)16-11-18-8-4-2-5-9-18)25(31)26(32)27(24)17-7-3-6-10-22(29)30/h2,4-5,8-9,11-16,24,31H,3,6-7,10,17H2,1H3,(H,29,30)/b16-11+/t24-/m1/s1. The summed E-state index contributed by atoms with van der Waals surface area (Å²) in [6.07, 6.45) is 4.74. The van der Waals surface area contributed by atoms with Gasteiger partial charge in [-0.05, 0) is 42.2 Å². The number of amides is 1. The van der Waals surface area contributed by atoms with E-state index in [-0.39, 0.29) is 12.0 Å². The maximum atomic E-state index is 13.1.